The maximum absolute atomic E-state index is 6.42. The highest BCUT2D eigenvalue weighted by atomic mass is 16.3. The van der Waals surface area contributed by atoms with Crippen molar-refractivity contribution < 1.29 is 4.42 Å². The second-order valence-corrected chi connectivity index (χ2v) is 15.1. The largest absolute Gasteiger partial charge is 0.436 e. The standard InChI is InChI=1S/C53H33NO/c1-53-35-17-13-16-33(28-35)37-19-6-8-22-40(37)51-43-29-34(52-54-48-24-11-12-25-49(48)55-52)26-27-41(43)50(39-21-7-5-18-36(39)32-14-3-2-4-15-32)44-30-42(47(53)31-45(44)51)38-20-9-10-23-46(38)53/h2-31H,1H3. The maximum Gasteiger partial charge on any atom is 0.227 e. The Balaban J connectivity index is 1.31. The third kappa shape index (κ3) is 4.22. The van der Waals surface area contributed by atoms with E-state index in [9.17, 15) is 0 Å². The molecule has 0 N–H and O–H groups in total. The van der Waals surface area contributed by atoms with Crippen LogP contribution in [0.2, 0.25) is 0 Å². The Bertz CT molecular complexity index is 3190. The van der Waals surface area contributed by atoms with Crippen molar-refractivity contribution in [1.82, 2.24) is 4.98 Å². The molecule has 1 aromatic heterocycles. The fourth-order valence-electron chi connectivity index (χ4n) is 9.75. The van der Waals surface area contributed by atoms with Gasteiger partial charge >= 0.3 is 0 Å². The Morgan fingerprint density at radius 2 is 1.02 bits per heavy atom. The van der Waals surface area contributed by atoms with Crippen LogP contribution in [0, 0.1) is 0 Å². The van der Waals surface area contributed by atoms with Crippen molar-refractivity contribution in [3.8, 4) is 67.1 Å². The van der Waals surface area contributed by atoms with Crippen LogP contribution in [-0.2, 0) is 5.41 Å². The SMILES string of the molecule is CC12c3cccc(c3)-c3ccccc3-c3c4cc(-c5nc6ccccc6o5)ccc4c(-c4ccccc4-c4ccccc4)c4cc(c1cc34)-c1ccccc12. The lowest BCUT2D eigenvalue weighted by atomic mass is 9.71. The van der Waals surface area contributed by atoms with Crippen molar-refractivity contribution in [3.05, 3.63) is 199 Å². The number of aromatic nitrogens is 1. The molecule has 2 aliphatic rings. The van der Waals surface area contributed by atoms with Gasteiger partial charge < -0.3 is 4.42 Å². The van der Waals surface area contributed by atoms with Gasteiger partial charge in [-0.25, -0.2) is 4.98 Å². The first-order chi connectivity index (χ1) is 27.1. The van der Waals surface area contributed by atoms with Crippen LogP contribution in [0.1, 0.15) is 23.6 Å². The topological polar surface area (TPSA) is 26.0 Å². The number of rotatable bonds is 3. The van der Waals surface area contributed by atoms with E-state index >= 15 is 0 Å². The third-order valence-corrected chi connectivity index (χ3v) is 12.3. The van der Waals surface area contributed by atoms with Gasteiger partial charge in [0.05, 0.1) is 0 Å². The van der Waals surface area contributed by atoms with Gasteiger partial charge in [0.15, 0.2) is 5.58 Å². The van der Waals surface area contributed by atoms with E-state index in [1.165, 1.54) is 93.9 Å². The van der Waals surface area contributed by atoms with Crippen molar-refractivity contribution in [2.24, 2.45) is 0 Å². The lowest BCUT2D eigenvalue weighted by Gasteiger charge is -2.31. The lowest BCUT2D eigenvalue weighted by molar-refractivity contribution is 0.620. The molecule has 0 aliphatic heterocycles. The summed E-state index contributed by atoms with van der Waals surface area (Å²) in [5, 5.41) is 4.86. The zero-order valence-corrected chi connectivity index (χ0v) is 30.2. The molecule has 9 aromatic carbocycles. The lowest BCUT2D eigenvalue weighted by Crippen LogP contribution is -2.22. The quantitative estimate of drug-likeness (QED) is 0.172. The van der Waals surface area contributed by atoms with Gasteiger partial charge in [0, 0.05) is 11.0 Å². The zero-order valence-electron chi connectivity index (χ0n) is 30.2. The highest BCUT2D eigenvalue weighted by molar-refractivity contribution is 6.25. The molecule has 0 amide bonds. The predicted octanol–water partition coefficient (Wildman–Crippen LogP) is 14.1. The monoisotopic (exact) mass is 699 g/mol. The number of nitrogens with zero attached hydrogens (tertiary/aromatic N) is 1. The number of benzene rings is 9. The van der Waals surface area contributed by atoms with Gasteiger partial charge in [0.1, 0.15) is 5.52 Å². The Kier molecular flexibility index (Phi) is 6.22. The van der Waals surface area contributed by atoms with Crippen molar-refractivity contribution >= 4 is 32.6 Å². The minimum atomic E-state index is -0.337. The first-order valence-electron chi connectivity index (χ1n) is 19.0. The first kappa shape index (κ1) is 30.4. The summed E-state index contributed by atoms with van der Waals surface area (Å²) in [5.74, 6) is 0.625. The summed E-state index contributed by atoms with van der Waals surface area (Å²) in [4.78, 5) is 4.97. The van der Waals surface area contributed by atoms with Gasteiger partial charge in [0.2, 0.25) is 5.89 Å². The molecule has 0 saturated heterocycles. The number of para-hydroxylation sites is 2. The van der Waals surface area contributed by atoms with Crippen LogP contribution in [0.3, 0.4) is 0 Å². The van der Waals surface area contributed by atoms with Crippen molar-refractivity contribution in [2.45, 2.75) is 12.3 Å². The van der Waals surface area contributed by atoms with Gasteiger partial charge in [-0.3, -0.25) is 0 Å². The number of hydrogen-bond acceptors (Lipinski definition) is 2. The molecule has 12 rings (SSSR count). The Hall–Kier alpha value is -7.03. The van der Waals surface area contributed by atoms with Crippen molar-refractivity contribution in [3.63, 3.8) is 0 Å². The summed E-state index contributed by atoms with van der Waals surface area (Å²) >= 11 is 0. The minimum Gasteiger partial charge on any atom is -0.436 e. The molecule has 2 heteroatoms. The molecule has 2 aliphatic carbocycles. The highest BCUT2D eigenvalue weighted by Gasteiger charge is 2.42. The molecule has 0 fully saturated rings. The summed E-state index contributed by atoms with van der Waals surface area (Å²) in [7, 11) is 0. The maximum atomic E-state index is 6.42. The van der Waals surface area contributed by atoms with E-state index in [-0.39, 0.29) is 5.41 Å². The molecule has 10 aromatic rings. The van der Waals surface area contributed by atoms with Crippen LogP contribution in [0.4, 0.5) is 0 Å². The minimum absolute atomic E-state index is 0.337. The van der Waals surface area contributed by atoms with Gasteiger partial charge in [-0.1, -0.05) is 140 Å². The highest BCUT2D eigenvalue weighted by Crippen LogP contribution is 2.57. The molecule has 0 saturated carbocycles. The van der Waals surface area contributed by atoms with Crippen LogP contribution in [-0.4, -0.2) is 4.98 Å². The predicted molar refractivity (Wildman–Crippen MR) is 227 cm³/mol. The van der Waals surface area contributed by atoms with Crippen molar-refractivity contribution in [2.75, 3.05) is 0 Å². The van der Waals surface area contributed by atoms with E-state index in [1.807, 2.05) is 24.3 Å². The summed E-state index contributed by atoms with van der Waals surface area (Å²) in [6.45, 7) is 2.42. The molecular weight excluding hydrogens is 667 g/mol. The van der Waals surface area contributed by atoms with E-state index in [0.717, 1.165) is 16.7 Å². The van der Waals surface area contributed by atoms with E-state index in [0.29, 0.717) is 5.89 Å². The molecular formula is C53H33NO. The second kappa shape index (κ2) is 11.2. The number of hydrogen-bond donors (Lipinski definition) is 0. The van der Waals surface area contributed by atoms with Gasteiger partial charge in [-0.2, -0.15) is 0 Å². The Morgan fingerprint density at radius 3 is 1.82 bits per heavy atom. The summed E-state index contributed by atoms with van der Waals surface area (Å²) in [6.07, 6.45) is 0. The van der Waals surface area contributed by atoms with E-state index in [1.54, 1.807) is 0 Å². The molecule has 1 unspecified atom stereocenters. The Labute approximate surface area is 319 Å². The molecule has 1 heterocycles. The Morgan fingerprint density at radius 1 is 0.400 bits per heavy atom. The van der Waals surface area contributed by atoms with Gasteiger partial charge in [-0.15, -0.1) is 0 Å². The molecule has 256 valence electrons. The summed E-state index contributed by atoms with van der Waals surface area (Å²) in [5.41, 5.74) is 18.6. The normalized spacial score (nSPS) is 15.1. The van der Waals surface area contributed by atoms with Crippen LogP contribution < -0.4 is 0 Å². The smallest absolute Gasteiger partial charge is 0.227 e. The molecule has 0 spiro atoms. The molecule has 4 bridgehead atoms. The molecule has 0 radical (unpaired) electrons. The molecule has 55 heavy (non-hydrogen) atoms. The van der Waals surface area contributed by atoms with E-state index in [2.05, 4.69) is 165 Å². The average molecular weight is 700 g/mol. The van der Waals surface area contributed by atoms with Crippen LogP contribution in [0.25, 0.3) is 99.7 Å². The van der Waals surface area contributed by atoms with E-state index in [4.69, 9.17) is 9.40 Å². The number of fused-ring (bicyclic) bond motifs is 12. The van der Waals surface area contributed by atoms with Gasteiger partial charge in [-0.05, 0) is 143 Å². The van der Waals surface area contributed by atoms with Crippen LogP contribution in [0.5, 0.6) is 0 Å². The number of oxazole rings is 1. The van der Waals surface area contributed by atoms with Crippen LogP contribution >= 0.6 is 0 Å². The van der Waals surface area contributed by atoms with Crippen LogP contribution in [0.15, 0.2) is 186 Å². The van der Waals surface area contributed by atoms with E-state index < -0.39 is 0 Å². The zero-order chi connectivity index (χ0) is 36.3. The fraction of sp³-hybridized carbons (Fsp3) is 0.0377. The average Bonchev–Trinajstić information content (AvgIpc) is 3.80. The van der Waals surface area contributed by atoms with Crippen molar-refractivity contribution in [1.29, 1.82) is 0 Å². The first-order valence-corrected chi connectivity index (χ1v) is 19.0. The van der Waals surface area contributed by atoms with Gasteiger partial charge in [0.25, 0.3) is 0 Å². The molecule has 1 atom stereocenters. The summed E-state index contributed by atoms with van der Waals surface area (Å²) in [6, 6.07) is 66.8. The second-order valence-electron chi connectivity index (χ2n) is 15.1. The summed E-state index contributed by atoms with van der Waals surface area (Å²) < 4.78 is 6.42. The fourth-order valence-corrected chi connectivity index (χ4v) is 9.75. The third-order valence-electron chi connectivity index (χ3n) is 12.3. The molecule has 2 nitrogen and oxygen atoms in total.